The van der Waals surface area contributed by atoms with E-state index in [0.717, 1.165) is 29.2 Å². The second kappa shape index (κ2) is 4.49. The molecule has 0 bridgehead atoms. The summed E-state index contributed by atoms with van der Waals surface area (Å²) in [6.45, 7) is 2.03. The molecular formula is C12H13ClN2. The molecule has 0 spiro atoms. The van der Waals surface area contributed by atoms with E-state index in [1.165, 1.54) is 0 Å². The molecule has 0 saturated carbocycles. The van der Waals surface area contributed by atoms with E-state index in [0.29, 0.717) is 5.88 Å². The van der Waals surface area contributed by atoms with Crippen LogP contribution in [0.4, 0.5) is 0 Å². The fourth-order valence-corrected chi connectivity index (χ4v) is 1.74. The van der Waals surface area contributed by atoms with Crippen LogP contribution in [0.2, 0.25) is 0 Å². The maximum Gasteiger partial charge on any atom is 0.137 e. The maximum absolute atomic E-state index is 5.71. The standard InChI is InChI=1S/C12H13ClN2/c1-9-11(7-8-13)15-12(14-9)10-5-3-2-4-6-10/h2-6H,7-8H2,1H3,(H,14,15). The minimum atomic E-state index is 0.611. The third kappa shape index (κ3) is 2.21. The fourth-order valence-electron chi connectivity index (χ4n) is 1.56. The Morgan fingerprint density at radius 1 is 1.27 bits per heavy atom. The Labute approximate surface area is 94.3 Å². The summed E-state index contributed by atoms with van der Waals surface area (Å²) in [6.07, 6.45) is 0.816. The highest BCUT2D eigenvalue weighted by Crippen LogP contribution is 2.17. The Morgan fingerprint density at radius 3 is 2.67 bits per heavy atom. The number of imidazole rings is 1. The topological polar surface area (TPSA) is 28.7 Å². The number of aryl methyl sites for hydroxylation is 2. The number of nitrogens with zero attached hydrogens (tertiary/aromatic N) is 1. The molecular weight excluding hydrogens is 208 g/mol. The molecule has 0 unspecified atom stereocenters. The van der Waals surface area contributed by atoms with Gasteiger partial charge >= 0.3 is 0 Å². The largest absolute Gasteiger partial charge is 0.342 e. The third-order valence-electron chi connectivity index (χ3n) is 2.36. The van der Waals surface area contributed by atoms with Gasteiger partial charge in [-0.05, 0) is 6.92 Å². The summed E-state index contributed by atoms with van der Waals surface area (Å²) < 4.78 is 0. The summed E-state index contributed by atoms with van der Waals surface area (Å²) in [4.78, 5) is 7.81. The summed E-state index contributed by atoms with van der Waals surface area (Å²) in [5, 5.41) is 0. The van der Waals surface area contributed by atoms with Crippen LogP contribution in [0.3, 0.4) is 0 Å². The Bertz CT molecular complexity index is 434. The molecule has 0 radical (unpaired) electrons. The quantitative estimate of drug-likeness (QED) is 0.791. The average molecular weight is 221 g/mol. The Hall–Kier alpha value is -1.28. The molecule has 2 rings (SSSR count). The van der Waals surface area contributed by atoms with Crippen LogP contribution in [-0.2, 0) is 6.42 Å². The number of benzene rings is 1. The van der Waals surface area contributed by atoms with Gasteiger partial charge in [0, 0.05) is 23.6 Å². The number of alkyl halides is 1. The predicted octanol–water partition coefficient (Wildman–Crippen LogP) is 3.17. The van der Waals surface area contributed by atoms with E-state index in [1.807, 2.05) is 37.3 Å². The summed E-state index contributed by atoms with van der Waals surface area (Å²) in [6, 6.07) is 10.1. The molecule has 1 aromatic heterocycles. The van der Waals surface area contributed by atoms with Gasteiger partial charge in [-0.3, -0.25) is 0 Å². The van der Waals surface area contributed by atoms with Gasteiger partial charge < -0.3 is 4.98 Å². The van der Waals surface area contributed by atoms with Crippen molar-refractivity contribution in [2.24, 2.45) is 0 Å². The lowest BCUT2D eigenvalue weighted by atomic mass is 10.2. The lowest BCUT2D eigenvalue weighted by molar-refractivity contribution is 1.05. The van der Waals surface area contributed by atoms with E-state index in [1.54, 1.807) is 0 Å². The minimum absolute atomic E-state index is 0.611. The van der Waals surface area contributed by atoms with Crippen LogP contribution in [0.5, 0.6) is 0 Å². The number of nitrogens with one attached hydrogen (secondary N) is 1. The first-order valence-electron chi connectivity index (χ1n) is 4.98. The van der Waals surface area contributed by atoms with Crippen molar-refractivity contribution in [1.82, 2.24) is 9.97 Å². The van der Waals surface area contributed by atoms with Gasteiger partial charge in [-0.25, -0.2) is 4.98 Å². The lowest BCUT2D eigenvalue weighted by Crippen LogP contribution is -1.88. The molecule has 0 atom stereocenters. The zero-order valence-electron chi connectivity index (χ0n) is 8.63. The second-order valence-electron chi connectivity index (χ2n) is 3.46. The molecule has 1 aromatic carbocycles. The number of hydrogen-bond donors (Lipinski definition) is 1. The molecule has 2 aromatic rings. The van der Waals surface area contributed by atoms with Crippen molar-refractivity contribution in [3.05, 3.63) is 41.7 Å². The smallest absolute Gasteiger partial charge is 0.137 e. The molecule has 0 fully saturated rings. The zero-order chi connectivity index (χ0) is 10.7. The van der Waals surface area contributed by atoms with E-state index in [2.05, 4.69) is 9.97 Å². The summed E-state index contributed by atoms with van der Waals surface area (Å²) >= 11 is 5.71. The predicted molar refractivity (Wildman–Crippen MR) is 63.2 cm³/mol. The van der Waals surface area contributed by atoms with E-state index < -0.39 is 0 Å². The van der Waals surface area contributed by atoms with Crippen molar-refractivity contribution >= 4 is 11.6 Å². The van der Waals surface area contributed by atoms with E-state index in [4.69, 9.17) is 11.6 Å². The maximum atomic E-state index is 5.71. The average Bonchev–Trinajstić information content (AvgIpc) is 2.63. The molecule has 3 heteroatoms. The van der Waals surface area contributed by atoms with Gasteiger partial charge in [0.25, 0.3) is 0 Å². The SMILES string of the molecule is Cc1[nH]c(-c2ccccc2)nc1CCCl. The highest BCUT2D eigenvalue weighted by molar-refractivity contribution is 6.17. The minimum Gasteiger partial charge on any atom is -0.342 e. The molecule has 0 aliphatic carbocycles. The normalized spacial score (nSPS) is 10.5. The molecule has 0 amide bonds. The molecule has 2 nitrogen and oxygen atoms in total. The number of H-pyrrole nitrogens is 1. The molecule has 0 aliphatic rings. The monoisotopic (exact) mass is 220 g/mol. The number of aromatic nitrogens is 2. The van der Waals surface area contributed by atoms with Crippen LogP contribution in [-0.4, -0.2) is 15.8 Å². The van der Waals surface area contributed by atoms with Gasteiger partial charge in [0.1, 0.15) is 5.82 Å². The molecule has 78 valence electrons. The molecule has 1 heterocycles. The zero-order valence-corrected chi connectivity index (χ0v) is 9.38. The number of rotatable bonds is 3. The van der Waals surface area contributed by atoms with Crippen LogP contribution < -0.4 is 0 Å². The van der Waals surface area contributed by atoms with Crippen molar-refractivity contribution < 1.29 is 0 Å². The molecule has 0 saturated heterocycles. The van der Waals surface area contributed by atoms with Gasteiger partial charge in [-0.15, -0.1) is 11.6 Å². The first kappa shape index (κ1) is 10.2. The number of aromatic amines is 1. The highest BCUT2D eigenvalue weighted by Gasteiger charge is 2.06. The second-order valence-corrected chi connectivity index (χ2v) is 3.84. The third-order valence-corrected chi connectivity index (χ3v) is 2.55. The van der Waals surface area contributed by atoms with Gasteiger partial charge in [-0.2, -0.15) is 0 Å². The molecule has 0 aliphatic heterocycles. The van der Waals surface area contributed by atoms with Crippen LogP contribution in [0, 0.1) is 6.92 Å². The molecule has 15 heavy (non-hydrogen) atoms. The first-order valence-corrected chi connectivity index (χ1v) is 5.51. The number of hydrogen-bond acceptors (Lipinski definition) is 1. The first-order chi connectivity index (χ1) is 7.31. The van der Waals surface area contributed by atoms with Gasteiger partial charge in [0.2, 0.25) is 0 Å². The Morgan fingerprint density at radius 2 is 2.00 bits per heavy atom. The van der Waals surface area contributed by atoms with E-state index >= 15 is 0 Å². The van der Waals surface area contributed by atoms with Gasteiger partial charge in [-0.1, -0.05) is 30.3 Å². The number of halogens is 1. The van der Waals surface area contributed by atoms with Gasteiger partial charge in [0.15, 0.2) is 0 Å². The molecule has 1 N–H and O–H groups in total. The van der Waals surface area contributed by atoms with Crippen LogP contribution >= 0.6 is 11.6 Å². The lowest BCUT2D eigenvalue weighted by Gasteiger charge is -1.93. The Kier molecular flexibility index (Phi) is 3.07. The van der Waals surface area contributed by atoms with Crippen molar-refractivity contribution in [2.45, 2.75) is 13.3 Å². The van der Waals surface area contributed by atoms with Crippen molar-refractivity contribution in [2.75, 3.05) is 5.88 Å². The van der Waals surface area contributed by atoms with E-state index in [-0.39, 0.29) is 0 Å². The summed E-state index contributed by atoms with van der Waals surface area (Å²) in [7, 11) is 0. The van der Waals surface area contributed by atoms with Crippen LogP contribution in [0.15, 0.2) is 30.3 Å². The van der Waals surface area contributed by atoms with Crippen LogP contribution in [0.1, 0.15) is 11.4 Å². The van der Waals surface area contributed by atoms with Crippen molar-refractivity contribution in [1.29, 1.82) is 0 Å². The summed E-state index contributed by atoms with van der Waals surface area (Å²) in [5.41, 5.74) is 3.28. The van der Waals surface area contributed by atoms with Crippen molar-refractivity contribution in [3.63, 3.8) is 0 Å². The highest BCUT2D eigenvalue weighted by atomic mass is 35.5. The van der Waals surface area contributed by atoms with Crippen LogP contribution in [0.25, 0.3) is 11.4 Å². The van der Waals surface area contributed by atoms with Gasteiger partial charge in [0.05, 0.1) is 5.69 Å². The van der Waals surface area contributed by atoms with Crippen molar-refractivity contribution in [3.8, 4) is 11.4 Å². The summed E-state index contributed by atoms with van der Waals surface area (Å²) in [5.74, 6) is 1.54. The fraction of sp³-hybridized carbons (Fsp3) is 0.250. The Balaban J connectivity index is 2.34. The van der Waals surface area contributed by atoms with E-state index in [9.17, 15) is 0 Å².